The maximum absolute atomic E-state index is 12.5. The van der Waals surface area contributed by atoms with Gasteiger partial charge in [0.1, 0.15) is 0 Å². The van der Waals surface area contributed by atoms with Crippen molar-refractivity contribution in [2.45, 2.75) is 38.5 Å². The minimum absolute atomic E-state index is 0.428. The zero-order chi connectivity index (χ0) is 11.9. The predicted molar refractivity (Wildman–Crippen MR) is 52.6 cm³/mol. The van der Waals surface area contributed by atoms with E-state index in [1.54, 1.807) is 6.92 Å². The first-order valence-electron chi connectivity index (χ1n) is 5.28. The number of rotatable bonds is 3. The van der Waals surface area contributed by atoms with Crippen molar-refractivity contribution >= 4 is 0 Å². The lowest BCUT2D eigenvalue weighted by atomic mass is 10.2. The molecule has 1 saturated carbocycles. The Balaban J connectivity index is 2.29. The van der Waals surface area contributed by atoms with Crippen LogP contribution >= 0.6 is 0 Å². The fourth-order valence-corrected chi connectivity index (χ4v) is 1.63. The van der Waals surface area contributed by atoms with E-state index in [1.165, 1.54) is 4.68 Å². The lowest BCUT2D eigenvalue weighted by Crippen LogP contribution is -2.14. The maximum atomic E-state index is 12.5. The Morgan fingerprint density at radius 1 is 1.56 bits per heavy atom. The van der Waals surface area contributed by atoms with E-state index in [0.29, 0.717) is 18.2 Å². The molecule has 0 amide bonds. The van der Waals surface area contributed by atoms with E-state index < -0.39 is 17.9 Å². The highest BCUT2D eigenvalue weighted by molar-refractivity contribution is 5.16. The lowest BCUT2D eigenvalue weighted by molar-refractivity contribution is -0.141. The van der Waals surface area contributed by atoms with Gasteiger partial charge in [0.15, 0.2) is 5.69 Å². The zero-order valence-electron chi connectivity index (χ0n) is 8.96. The van der Waals surface area contributed by atoms with Crippen LogP contribution in [0.15, 0.2) is 6.07 Å². The predicted octanol–water partition coefficient (Wildman–Crippen LogP) is 2.33. The molecule has 0 radical (unpaired) electrons. The summed E-state index contributed by atoms with van der Waals surface area (Å²) in [6.07, 6.45) is -2.25. The Kier molecular flexibility index (Phi) is 2.69. The Bertz CT molecular complexity index is 377. The summed E-state index contributed by atoms with van der Waals surface area (Å²) in [6.45, 7) is 2.22. The van der Waals surface area contributed by atoms with E-state index in [4.69, 9.17) is 5.73 Å². The number of nitrogens with zero attached hydrogens (tertiary/aromatic N) is 2. The fraction of sp³-hybridized carbons (Fsp3) is 0.700. The van der Waals surface area contributed by atoms with Gasteiger partial charge >= 0.3 is 6.18 Å². The first kappa shape index (κ1) is 11.4. The number of hydrogen-bond donors (Lipinski definition) is 1. The Hall–Kier alpha value is -1.04. The van der Waals surface area contributed by atoms with Crippen LogP contribution in [-0.4, -0.2) is 9.78 Å². The second-order valence-electron chi connectivity index (χ2n) is 4.37. The average molecular weight is 233 g/mol. The summed E-state index contributed by atoms with van der Waals surface area (Å²) in [7, 11) is 0. The normalized spacial score (nSPS) is 18.8. The van der Waals surface area contributed by atoms with Crippen molar-refractivity contribution in [3.63, 3.8) is 0 Å². The number of alkyl halides is 3. The van der Waals surface area contributed by atoms with Gasteiger partial charge < -0.3 is 5.73 Å². The molecule has 1 atom stereocenters. The first-order chi connectivity index (χ1) is 7.38. The molecule has 16 heavy (non-hydrogen) atoms. The van der Waals surface area contributed by atoms with Gasteiger partial charge in [0.05, 0.1) is 5.69 Å². The number of hydrogen-bond acceptors (Lipinski definition) is 2. The van der Waals surface area contributed by atoms with Crippen molar-refractivity contribution in [1.82, 2.24) is 9.78 Å². The summed E-state index contributed by atoms with van der Waals surface area (Å²) in [5.41, 5.74) is 5.25. The van der Waals surface area contributed by atoms with E-state index in [1.807, 2.05) is 0 Å². The Labute approximate surface area is 91.4 Å². The fourth-order valence-electron chi connectivity index (χ4n) is 1.63. The largest absolute Gasteiger partial charge is 0.435 e. The van der Waals surface area contributed by atoms with Crippen LogP contribution in [0.2, 0.25) is 0 Å². The van der Waals surface area contributed by atoms with E-state index in [9.17, 15) is 13.2 Å². The van der Waals surface area contributed by atoms with Crippen LogP contribution in [0.3, 0.4) is 0 Å². The quantitative estimate of drug-likeness (QED) is 0.870. The Morgan fingerprint density at radius 3 is 2.62 bits per heavy atom. The van der Waals surface area contributed by atoms with Crippen LogP contribution in [0.4, 0.5) is 13.2 Å². The third kappa shape index (κ3) is 2.37. The van der Waals surface area contributed by atoms with E-state index in [0.717, 1.165) is 18.9 Å². The zero-order valence-corrected chi connectivity index (χ0v) is 8.96. The smallest absolute Gasteiger partial charge is 0.323 e. The lowest BCUT2D eigenvalue weighted by Gasteiger charge is -2.08. The molecule has 2 N–H and O–H groups in total. The standard InChI is InChI=1S/C10H14F3N3/c1-6(14)8-4-9(10(11,12)13)15-16(8)5-7-2-3-7/h4,6-7H,2-3,5,14H2,1H3/t6-/m1/s1. The van der Waals surface area contributed by atoms with Crippen LogP contribution in [-0.2, 0) is 12.7 Å². The first-order valence-corrected chi connectivity index (χ1v) is 5.28. The summed E-state index contributed by atoms with van der Waals surface area (Å²) in [5, 5.41) is 3.59. The molecule has 1 fully saturated rings. The molecule has 2 rings (SSSR count). The minimum atomic E-state index is -4.39. The van der Waals surface area contributed by atoms with Crippen molar-refractivity contribution in [2.75, 3.05) is 0 Å². The molecule has 90 valence electrons. The highest BCUT2D eigenvalue weighted by Gasteiger charge is 2.36. The van der Waals surface area contributed by atoms with Gasteiger partial charge in [-0.25, -0.2) is 0 Å². The van der Waals surface area contributed by atoms with Gasteiger partial charge in [0, 0.05) is 12.6 Å². The van der Waals surface area contributed by atoms with Gasteiger partial charge in [-0.1, -0.05) is 0 Å². The van der Waals surface area contributed by atoms with Crippen molar-refractivity contribution in [2.24, 2.45) is 11.7 Å². The van der Waals surface area contributed by atoms with Gasteiger partial charge in [-0.05, 0) is 31.7 Å². The van der Waals surface area contributed by atoms with Crippen molar-refractivity contribution in [3.05, 3.63) is 17.5 Å². The molecule has 0 aliphatic heterocycles. The SMILES string of the molecule is C[C@@H](N)c1cc(C(F)(F)F)nn1CC1CC1. The molecule has 0 saturated heterocycles. The molecule has 6 heteroatoms. The van der Waals surface area contributed by atoms with Crippen LogP contribution in [0.5, 0.6) is 0 Å². The summed E-state index contributed by atoms with van der Waals surface area (Å²) in [5.74, 6) is 0.471. The second kappa shape index (κ2) is 3.76. The molecule has 0 aromatic carbocycles. The maximum Gasteiger partial charge on any atom is 0.435 e. The summed E-state index contributed by atoms with van der Waals surface area (Å²) in [4.78, 5) is 0. The van der Waals surface area contributed by atoms with E-state index in [-0.39, 0.29) is 0 Å². The number of aromatic nitrogens is 2. The molecular weight excluding hydrogens is 219 g/mol. The molecule has 1 aliphatic rings. The number of nitrogens with two attached hydrogens (primary N) is 1. The van der Waals surface area contributed by atoms with Crippen LogP contribution in [0, 0.1) is 5.92 Å². The number of halogens is 3. The van der Waals surface area contributed by atoms with Gasteiger partial charge in [-0.15, -0.1) is 0 Å². The van der Waals surface area contributed by atoms with Crippen LogP contribution < -0.4 is 5.73 Å². The molecule has 3 nitrogen and oxygen atoms in total. The van der Waals surface area contributed by atoms with Crippen molar-refractivity contribution in [1.29, 1.82) is 0 Å². The summed E-state index contributed by atoms with van der Waals surface area (Å²) in [6, 6.07) is 0.620. The van der Waals surface area contributed by atoms with Gasteiger partial charge in [-0.2, -0.15) is 18.3 Å². The van der Waals surface area contributed by atoms with Gasteiger partial charge in [0.25, 0.3) is 0 Å². The molecular formula is C10H14F3N3. The van der Waals surface area contributed by atoms with E-state index in [2.05, 4.69) is 5.10 Å². The van der Waals surface area contributed by atoms with Crippen molar-refractivity contribution < 1.29 is 13.2 Å². The van der Waals surface area contributed by atoms with E-state index >= 15 is 0 Å². The third-order valence-corrected chi connectivity index (χ3v) is 2.70. The second-order valence-corrected chi connectivity index (χ2v) is 4.37. The third-order valence-electron chi connectivity index (χ3n) is 2.70. The molecule has 1 heterocycles. The molecule has 1 aromatic heterocycles. The molecule has 1 aliphatic carbocycles. The van der Waals surface area contributed by atoms with Crippen LogP contribution in [0.25, 0.3) is 0 Å². The molecule has 0 spiro atoms. The topological polar surface area (TPSA) is 43.8 Å². The summed E-state index contributed by atoms with van der Waals surface area (Å²) >= 11 is 0. The molecule has 0 unspecified atom stereocenters. The van der Waals surface area contributed by atoms with Gasteiger partial charge in [-0.3, -0.25) is 4.68 Å². The highest BCUT2D eigenvalue weighted by atomic mass is 19.4. The highest BCUT2D eigenvalue weighted by Crippen LogP contribution is 2.34. The monoisotopic (exact) mass is 233 g/mol. The average Bonchev–Trinajstić information content (AvgIpc) is 2.80. The van der Waals surface area contributed by atoms with Crippen LogP contribution in [0.1, 0.15) is 37.2 Å². The van der Waals surface area contributed by atoms with Crippen molar-refractivity contribution in [3.8, 4) is 0 Å². The Morgan fingerprint density at radius 2 is 2.19 bits per heavy atom. The summed E-state index contributed by atoms with van der Waals surface area (Å²) < 4.78 is 38.9. The minimum Gasteiger partial charge on any atom is -0.323 e. The molecule has 0 bridgehead atoms. The molecule has 1 aromatic rings. The van der Waals surface area contributed by atoms with Gasteiger partial charge in [0.2, 0.25) is 0 Å².